The van der Waals surface area contributed by atoms with Crippen LogP contribution in [0.1, 0.15) is 48.0 Å². The number of nitrogens with one attached hydrogen (secondary N) is 2. The van der Waals surface area contributed by atoms with Crippen molar-refractivity contribution in [3.63, 3.8) is 0 Å². The van der Waals surface area contributed by atoms with E-state index in [1.165, 1.54) is 11.8 Å². The number of carbonyl (C=O) groups is 2. The van der Waals surface area contributed by atoms with Gasteiger partial charge in [0.25, 0.3) is 5.22 Å². The number of thioether (sulfide) groups is 1. The molecule has 10 nitrogen and oxygen atoms in total. The van der Waals surface area contributed by atoms with Gasteiger partial charge in [-0.25, -0.2) is 9.78 Å². The minimum absolute atomic E-state index is 0.0321. The Bertz CT molecular complexity index is 2160. The fourth-order valence-corrected chi connectivity index (χ4v) is 7.30. The van der Waals surface area contributed by atoms with Crippen molar-refractivity contribution in [1.29, 1.82) is 0 Å². The number of nitrogens with zero attached hydrogens (tertiary/aromatic N) is 1. The van der Waals surface area contributed by atoms with Crippen molar-refractivity contribution in [1.82, 2.24) is 15.6 Å². The van der Waals surface area contributed by atoms with E-state index in [2.05, 4.69) is 16.7 Å². The molecule has 1 aliphatic heterocycles. The average Bonchev–Trinajstić information content (AvgIpc) is 3.69. The molecule has 0 spiro atoms. The van der Waals surface area contributed by atoms with Gasteiger partial charge in [0, 0.05) is 35.4 Å². The Morgan fingerprint density at radius 3 is 2.20 bits per heavy atom. The summed E-state index contributed by atoms with van der Waals surface area (Å²) in [5, 5.41) is 15.5. The summed E-state index contributed by atoms with van der Waals surface area (Å²) in [4.78, 5) is 28.8. The third kappa shape index (κ3) is 9.92. The van der Waals surface area contributed by atoms with Gasteiger partial charge in [-0.05, 0) is 46.9 Å². The number of carbonyl (C=O) groups excluding carboxylic acids is 2. The highest BCUT2D eigenvalue weighted by atomic mass is 32.2. The van der Waals surface area contributed by atoms with Crippen LogP contribution in [0.25, 0.3) is 33.7 Å². The molecule has 11 heteroatoms. The molecule has 2 heterocycles. The molecule has 2 amide bonds. The van der Waals surface area contributed by atoms with Crippen molar-refractivity contribution in [3.05, 3.63) is 156 Å². The molecule has 1 aliphatic rings. The number of hydrogen-bond acceptors (Lipinski definition) is 9. The lowest BCUT2D eigenvalue weighted by molar-refractivity contribution is -0.245. The number of oxazole rings is 1. The van der Waals surface area contributed by atoms with Crippen molar-refractivity contribution in [2.75, 3.05) is 18.9 Å². The van der Waals surface area contributed by atoms with Crippen molar-refractivity contribution < 1.29 is 33.3 Å². The van der Waals surface area contributed by atoms with Gasteiger partial charge in [-0.2, -0.15) is 0 Å². The standard InChI is InChI=1S/C45H43N3O7S/c1-2-52-40(50)27-47-44(51)46-26-31-11-9-16-35(23-31)36-17-10-18-37(24-36)43-53-38(25-39(54-43)32-21-19-30(28-49)20-22-32)29-56-45-48-41(33-12-5-3-6-13-33)42(55-45)34-14-7-4-8-15-34/h3-24,38-39,43,49H,2,25-29H2,1H3,(H2,46,47,51)/t38-,39+,43+/m0/s1. The lowest BCUT2D eigenvalue weighted by Crippen LogP contribution is -2.38. The Labute approximate surface area is 330 Å². The fraction of sp³-hybridized carbons (Fsp3) is 0.222. The van der Waals surface area contributed by atoms with Gasteiger partial charge < -0.3 is 34.4 Å². The van der Waals surface area contributed by atoms with Gasteiger partial charge in [-0.15, -0.1) is 0 Å². The third-order valence-corrected chi connectivity index (χ3v) is 10.2. The summed E-state index contributed by atoms with van der Waals surface area (Å²) >= 11 is 1.52. The molecule has 0 aliphatic carbocycles. The van der Waals surface area contributed by atoms with E-state index in [0.29, 0.717) is 17.4 Å². The molecule has 286 valence electrons. The first-order chi connectivity index (χ1) is 27.4. The van der Waals surface area contributed by atoms with E-state index >= 15 is 0 Å². The summed E-state index contributed by atoms with van der Waals surface area (Å²) in [5.74, 6) is 0.813. The summed E-state index contributed by atoms with van der Waals surface area (Å²) in [7, 11) is 0. The number of rotatable bonds is 14. The molecule has 5 aromatic carbocycles. The van der Waals surface area contributed by atoms with Gasteiger partial charge in [0.2, 0.25) is 0 Å². The molecule has 1 saturated heterocycles. The summed E-state index contributed by atoms with van der Waals surface area (Å²) in [6.07, 6.45) is -0.512. The van der Waals surface area contributed by atoms with Crippen LogP contribution >= 0.6 is 11.8 Å². The molecule has 0 unspecified atom stereocenters. The average molecular weight is 770 g/mol. The van der Waals surface area contributed by atoms with Gasteiger partial charge in [0.1, 0.15) is 12.2 Å². The van der Waals surface area contributed by atoms with Crippen molar-refractivity contribution in [3.8, 4) is 33.7 Å². The van der Waals surface area contributed by atoms with Crippen LogP contribution in [0.2, 0.25) is 0 Å². The maximum atomic E-state index is 12.3. The zero-order chi connectivity index (χ0) is 38.7. The number of amides is 2. The summed E-state index contributed by atoms with van der Waals surface area (Å²) in [5.41, 5.74) is 8.25. The van der Waals surface area contributed by atoms with Crippen LogP contribution in [0, 0.1) is 0 Å². The molecule has 56 heavy (non-hydrogen) atoms. The van der Waals surface area contributed by atoms with Crippen molar-refractivity contribution in [2.45, 2.75) is 50.2 Å². The maximum absolute atomic E-state index is 12.3. The van der Waals surface area contributed by atoms with Gasteiger partial charge in [0.15, 0.2) is 12.1 Å². The highest BCUT2D eigenvalue weighted by molar-refractivity contribution is 7.99. The molecule has 0 radical (unpaired) electrons. The fourth-order valence-electron chi connectivity index (χ4n) is 6.46. The molecular weight excluding hydrogens is 727 g/mol. The molecule has 0 saturated carbocycles. The number of urea groups is 1. The smallest absolute Gasteiger partial charge is 0.325 e. The van der Waals surface area contributed by atoms with Crippen molar-refractivity contribution in [2.24, 2.45) is 0 Å². The normalized spacial score (nSPS) is 16.6. The first-order valence-corrected chi connectivity index (χ1v) is 19.6. The first-order valence-electron chi connectivity index (χ1n) is 18.6. The molecule has 6 aromatic rings. The van der Waals surface area contributed by atoms with Gasteiger partial charge in [-0.3, -0.25) is 4.79 Å². The second-order valence-corrected chi connectivity index (χ2v) is 14.2. The summed E-state index contributed by atoms with van der Waals surface area (Å²) in [6.45, 7) is 2.01. The van der Waals surface area contributed by atoms with E-state index in [1.54, 1.807) is 6.92 Å². The van der Waals surface area contributed by atoms with E-state index in [0.717, 1.165) is 56.0 Å². The number of aliphatic hydroxyl groups is 1. The van der Waals surface area contributed by atoms with Crippen LogP contribution < -0.4 is 10.6 Å². The predicted molar refractivity (Wildman–Crippen MR) is 215 cm³/mol. The van der Waals surface area contributed by atoms with E-state index < -0.39 is 18.3 Å². The highest BCUT2D eigenvalue weighted by Crippen LogP contribution is 2.41. The first kappa shape index (κ1) is 38.6. The highest BCUT2D eigenvalue weighted by Gasteiger charge is 2.33. The molecular formula is C45H43N3O7S. The van der Waals surface area contributed by atoms with Crippen LogP contribution in [0.4, 0.5) is 4.79 Å². The number of aliphatic hydroxyl groups excluding tert-OH is 1. The SMILES string of the molecule is CCOC(=O)CNC(=O)NCc1cccc(-c2cccc([C@@H]3O[C@H](CSc4nc(-c5ccccc5)c(-c5ccccc5)o4)C[C@H](c4ccc(CO)cc4)O3)c2)c1. The number of aromatic nitrogens is 1. The Morgan fingerprint density at radius 2 is 1.46 bits per heavy atom. The lowest BCUT2D eigenvalue weighted by Gasteiger charge is -2.36. The molecule has 1 fully saturated rings. The van der Waals surface area contributed by atoms with E-state index in [4.69, 9.17) is 23.6 Å². The zero-order valence-corrected chi connectivity index (χ0v) is 31.7. The third-order valence-electron chi connectivity index (χ3n) is 9.27. The summed E-state index contributed by atoms with van der Waals surface area (Å²) in [6, 6.07) is 43.4. The van der Waals surface area contributed by atoms with E-state index in [9.17, 15) is 14.7 Å². The van der Waals surface area contributed by atoms with Crippen LogP contribution in [0.15, 0.2) is 143 Å². The molecule has 1 aromatic heterocycles. The van der Waals surface area contributed by atoms with Crippen LogP contribution in [-0.2, 0) is 32.2 Å². The molecule has 0 bridgehead atoms. The Balaban J connectivity index is 1.09. The molecule has 7 rings (SSSR count). The van der Waals surface area contributed by atoms with E-state index in [-0.39, 0.29) is 38.5 Å². The zero-order valence-electron chi connectivity index (χ0n) is 30.9. The van der Waals surface area contributed by atoms with Gasteiger partial charge in [0.05, 0.1) is 25.4 Å². The minimum atomic E-state index is -0.658. The Morgan fingerprint density at radius 1 is 0.768 bits per heavy atom. The molecule has 3 N–H and O–H groups in total. The number of hydrogen-bond donors (Lipinski definition) is 3. The second kappa shape index (κ2) is 18.7. The lowest BCUT2D eigenvalue weighted by atomic mass is 9.99. The number of esters is 1. The van der Waals surface area contributed by atoms with Crippen LogP contribution in [0.3, 0.4) is 0 Å². The monoisotopic (exact) mass is 769 g/mol. The molecule has 3 atom stereocenters. The van der Waals surface area contributed by atoms with Gasteiger partial charge in [-0.1, -0.05) is 133 Å². The van der Waals surface area contributed by atoms with Crippen LogP contribution in [-0.4, -0.2) is 47.1 Å². The predicted octanol–water partition coefficient (Wildman–Crippen LogP) is 8.87. The minimum Gasteiger partial charge on any atom is -0.465 e. The van der Waals surface area contributed by atoms with E-state index in [1.807, 2.05) is 127 Å². The Kier molecular flexibility index (Phi) is 12.9. The summed E-state index contributed by atoms with van der Waals surface area (Å²) < 4.78 is 24.6. The van der Waals surface area contributed by atoms with Crippen molar-refractivity contribution >= 4 is 23.8 Å². The topological polar surface area (TPSA) is 132 Å². The quantitative estimate of drug-likeness (QED) is 0.0734. The number of benzene rings is 5. The Hall–Kier alpha value is -5.72. The second-order valence-electron chi connectivity index (χ2n) is 13.2. The largest absolute Gasteiger partial charge is 0.465 e. The van der Waals surface area contributed by atoms with Gasteiger partial charge >= 0.3 is 12.0 Å². The maximum Gasteiger partial charge on any atom is 0.325 e. The number of ether oxygens (including phenoxy) is 3. The van der Waals surface area contributed by atoms with Crippen LogP contribution in [0.5, 0.6) is 0 Å².